The van der Waals surface area contributed by atoms with E-state index in [9.17, 15) is 0 Å². The molecule has 0 N–H and O–H groups in total. The summed E-state index contributed by atoms with van der Waals surface area (Å²) in [6.45, 7) is 4.49. The Kier molecular flexibility index (Phi) is 7.10. The molecule has 0 spiro atoms. The van der Waals surface area contributed by atoms with Crippen molar-refractivity contribution in [2.24, 2.45) is 0 Å². The zero-order chi connectivity index (χ0) is 26.6. The summed E-state index contributed by atoms with van der Waals surface area (Å²) in [6, 6.07) is 48.8. The van der Waals surface area contributed by atoms with Crippen LogP contribution in [0.2, 0.25) is 0 Å². The number of para-hydroxylation sites is 1. The molecule has 0 aromatic heterocycles. The molecule has 0 saturated heterocycles. The Morgan fingerprint density at radius 2 is 1.13 bits per heavy atom. The first-order valence-electron chi connectivity index (χ1n) is 14.1. The molecule has 0 saturated carbocycles. The monoisotopic (exact) mass is 507 g/mol. The van der Waals surface area contributed by atoms with Crippen LogP contribution in [0.3, 0.4) is 0 Å². The maximum atomic E-state index is 2.51. The molecule has 0 bridgehead atoms. The molecule has 2 atom stereocenters. The van der Waals surface area contributed by atoms with Gasteiger partial charge in [-0.3, -0.25) is 0 Å². The van der Waals surface area contributed by atoms with Crippen molar-refractivity contribution in [3.05, 3.63) is 156 Å². The van der Waals surface area contributed by atoms with Crippen LogP contribution in [0.4, 0.5) is 11.4 Å². The molecule has 0 amide bonds. The lowest BCUT2D eigenvalue weighted by atomic mass is 9.91. The summed E-state index contributed by atoms with van der Waals surface area (Å²) in [7, 11) is 0. The molecule has 5 aromatic carbocycles. The number of anilines is 1. The van der Waals surface area contributed by atoms with Crippen LogP contribution in [0.5, 0.6) is 0 Å². The standard InChI is InChI=1S/C37H35N2/c1-3-28-24-29(4-2)26-33(25-28)38-27-39(35-23-15-14-22-34(35)30-16-8-5-9-17-30)37(32-20-12-7-13-21-32)36(38)31-18-10-6-11-19-31/h5-27,36-37H,3-4H2,1-2H3/q+1/t36-,37-/m0/s1. The van der Waals surface area contributed by atoms with Crippen molar-refractivity contribution in [2.45, 2.75) is 38.8 Å². The van der Waals surface area contributed by atoms with Crippen LogP contribution in [-0.4, -0.2) is 10.9 Å². The van der Waals surface area contributed by atoms with Crippen LogP contribution in [-0.2, 0) is 12.8 Å². The minimum Gasteiger partial charge on any atom is -0.222 e. The van der Waals surface area contributed by atoms with Crippen molar-refractivity contribution in [3.63, 3.8) is 0 Å². The summed E-state index contributed by atoms with van der Waals surface area (Å²) in [5.74, 6) is 0. The first-order chi connectivity index (χ1) is 19.3. The maximum Gasteiger partial charge on any atom is 0.245 e. The van der Waals surface area contributed by atoms with Crippen LogP contribution < -0.4 is 4.90 Å². The summed E-state index contributed by atoms with van der Waals surface area (Å²) in [4.78, 5) is 2.51. The smallest absolute Gasteiger partial charge is 0.222 e. The summed E-state index contributed by atoms with van der Waals surface area (Å²) < 4.78 is 2.50. The Morgan fingerprint density at radius 1 is 0.590 bits per heavy atom. The molecule has 1 aliphatic rings. The average Bonchev–Trinajstić information content (AvgIpc) is 3.43. The molecule has 0 aliphatic carbocycles. The Morgan fingerprint density at radius 3 is 1.74 bits per heavy atom. The van der Waals surface area contributed by atoms with Crippen molar-refractivity contribution >= 4 is 17.7 Å². The highest BCUT2D eigenvalue weighted by atomic mass is 15.3. The number of benzene rings is 5. The van der Waals surface area contributed by atoms with E-state index < -0.39 is 0 Å². The van der Waals surface area contributed by atoms with Gasteiger partial charge in [0.05, 0.1) is 0 Å². The van der Waals surface area contributed by atoms with Gasteiger partial charge in [0.25, 0.3) is 0 Å². The molecule has 1 heterocycles. The van der Waals surface area contributed by atoms with E-state index >= 15 is 0 Å². The molecule has 0 unspecified atom stereocenters. The third-order valence-electron chi connectivity index (χ3n) is 7.85. The minimum absolute atomic E-state index is 0.0915. The van der Waals surface area contributed by atoms with E-state index in [1.54, 1.807) is 0 Å². The van der Waals surface area contributed by atoms with Crippen LogP contribution >= 0.6 is 0 Å². The molecule has 0 radical (unpaired) electrons. The molecule has 2 nitrogen and oxygen atoms in total. The van der Waals surface area contributed by atoms with E-state index in [1.807, 2.05) is 0 Å². The van der Waals surface area contributed by atoms with Crippen LogP contribution in [0, 0.1) is 0 Å². The maximum absolute atomic E-state index is 2.51. The molecule has 0 fully saturated rings. The predicted molar refractivity (Wildman–Crippen MR) is 164 cm³/mol. The number of nitrogens with zero attached hydrogens (tertiary/aromatic N) is 2. The molecule has 6 rings (SSSR count). The third-order valence-corrected chi connectivity index (χ3v) is 7.85. The fraction of sp³-hybridized carbons (Fsp3) is 0.162. The Labute approximate surface area is 232 Å². The Hall–Kier alpha value is -4.43. The van der Waals surface area contributed by atoms with Gasteiger partial charge < -0.3 is 0 Å². The van der Waals surface area contributed by atoms with E-state index in [2.05, 4.69) is 163 Å². The van der Waals surface area contributed by atoms with Gasteiger partial charge in [0.2, 0.25) is 6.34 Å². The Balaban J connectivity index is 1.61. The second-order valence-electron chi connectivity index (χ2n) is 10.2. The molecule has 2 heteroatoms. The van der Waals surface area contributed by atoms with Crippen LogP contribution in [0.1, 0.15) is 48.2 Å². The lowest BCUT2D eigenvalue weighted by Crippen LogP contribution is -2.26. The van der Waals surface area contributed by atoms with Crippen molar-refractivity contribution in [3.8, 4) is 11.1 Å². The fourth-order valence-electron chi connectivity index (χ4n) is 5.87. The van der Waals surface area contributed by atoms with E-state index in [-0.39, 0.29) is 12.1 Å². The molecule has 5 aromatic rings. The minimum atomic E-state index is 0.0915. The van der Waals surface area contributed by atoms with E-state index in [0.717, 1.165) is 12.8 Å². The molecular formula is C37H35N2+. The molecule has 192 valence electrons. The van der Waals surface area contributed by atoms with E-state index in [4.69, 9.17) is 0 Å². The van der Waals surface area contributed by atoms with Gasteiger partial charge in [-0.1, -0.05) is 129 Å². The second-order valence-corrected chi connectivity index (χ2v) is 10.2. The first-order valence-corrected chi connectivity index (χ1v) is 14.1. The first kappa shape index (κ1) is 24.9. The third kappa shape index (κ3) is 4.91. The molecule has 1 aliphatic heterocycles. The lowest BCUT2D eigenvalue weighted by Gasteiger charge is -2.25. The van der Waals surface area contributed by atoms with E-state index in [1.165, 1.54) is 44.8 Å². The van der Waals surface area contributed by atoms with Gasteiger partial charge in [-0.25, -0.2) is 9.48 Å². The van der Waals surface area contributed by atoms with Crippen molar-refractivity contribution in [1.29, 1.82) is 0 Å². The summed E-state index contributed by atoms with van der Waals surface area (Å²) in [5.41, 5.74) is 10.3. The number of aryl methyl sites for hydroxylation is 2. The molecule has 39 heavy (non-hydrogen) atoms. The highest BCUT2D eigenvalue weighted by Gasteiger charge is 2.46. The largest absolute Gasteiger partial charge is 0.245 e. The number of hydrogen-bond donors (Lipinski definition) is 0. The average molecular weight is 508 g/mol. The highest BCUT2D eigenvalue weighted by Crippen LogP contribution is 2.47. The lowest BCUT2D eigenvalue weighted by molar-refractivity contribution is -0.480. The van der Waals surface area contributed by atoms with Gasteiger partial charge in [-0.2, -0.15) is 0 Å². The van der Waals surface area contributed by atoms with Gasteiger partial charge in [0, 0.05) is 16.7 Å². The number of rotatable bonds is 7. The Bertz CT molecular complexity index is 1550. The fourth-order valence-corrected chi connectivity index (χ4v) is 5.87. The van der Waals surface area contributed by atoms with Gasteiger partial charge >= 0.3 is 0 Å². The van der Waals surface area contributed by atoms with Crippen LogP contribution in [0.25, 0.3) is 11.1 Å². The summed E-state index contributed by atoms with van der Waals surface area (Å²) in [6.07, 6.45) is 4.39. The molecular weight excluding hydrogens is 472 g/mol. The van der Waals surface area contributed by atoms with Crippen molar-refractivity contribution in [1.82, 2.24) is 0 Å². The van der Waals surface area contributed by atoms with Gasteiger partial charge in [0.15, 0.2) is 12.1 Å². The van der Waals surface area contributed by atoms with Gasteiger partial charge in [-0.15, -0.1) is 0 Å². The topological polar surface area (TPSA) is 6.25 Å². The highest BCUT2D eigenvalue weighted by molar-refractivity contribution is 5.83. The van der Waals surface area contributed by atoms with Crippen LogP contribution in [0.15, 0.2) is 133 Å². The van der Waals surface area contributed by atoms with E-state index in [0.29, 0.717) is 0 Å². The number of hydrogen-bond acceptors (Lipinski definition) is 1. The van der Waals surface area contributed by atoms with Crippen molar-refractivity contribution in [2.75, 3.05) is 4.90 Å². The second kappa shape index (κ2) is 11.1. The summed E-state index contributed by atoms with van der Waals surface area (Å²) in [5, 5.41) is 0. The summed E-state index contributed by atoms with van der Waals surface area (Å²) >= 11 is 0. The van der Waals surface area contributed by atoms with Gasteiger partial charge in [-0.05, 0) is 47.7 Å². The zero-order valence-corrected chi connectivity index (χ0v) is 22.7. The van der Waals surface area contributed by atoms with Gasteiger partial charge in [0.1, 0.15) is 11.4 Å². The SMILES string of the molecule is CCc1cc(CC)cc(N2C=[N+](c3ccccc3-c3ccccc3)[C@@H](c3ccccc3)[C@@H]2c2ccccc2)c1. The zero-order valence-electron chi connectivity index (χ0n) is 22.7. The normalized spacial score (nSPS) is 16.8. The quantitative estimate of drug-likeness (QED) is 0.199. The predicted octanol–water partition coefficient (Wildman–Crippen LogP) is 9.15. The van der Waals surface area contributed by atoms with Crippen molar-refractivity contribution < 1.29 is 4.58 Å².